The van der Waals surface area contributed by atoms with Gasteiger partial charge in [0, 0.05) is 0 Å². The van der Waals surface area contributed by atoms with Gasteiger partial charge < -0.3 is 9.84 Å². The summed E-state index contributed by atoms with van der Waals surface area (Å²) in [5.74, 6) is 1.80. The Hall–Kier alpha value is -0.310. The first-order valence-corrected chi connectivity index (χ1v) is 9.09. The molecule has 22 heavy (non-hydrogen) atoms. The molecule has 3 rings (SSSR count). The smallest absolute Gasteiger partial charge is 0.390 e. The molecule has 0 radical (unpaired) electrons. The predicted octanol–water partition coefficient (Wildman–Crippen LogP) is 1.92. The lowest BCUT2D eigenvalue weighted by molar-refractivity contribution is -0.0801. The average Bonchev–Trinajstić information content (AvgIpc) is 2.52. The van der Waals surface area contributed by atoms with Gasteiger partial charge in [0.05, 0.1) is 12.2 Å². The van der Waals surface area contributed by atoms with E-state index in [0.29, 0.717) is 24.2 Å². The van der Waals surface area contributed by atoms with Crippen molar-refractivity contribution in [3.05, 3.63) is 0 Å². The van der Waals surface area contributed by atoms with Gasteiger partial charge >= 0.3 is 15.4 Å². The van der Waals surface area contributed by atoms with Gasteiger partial charge in [0.25, 0.3) is 0 Å². The lowest BCUT2D eigenvalue weighted by Crippen LogP contribution is -2.44. The van der Waals surface area contributed by atoms with Crippen molar-refractivity contribution in [1.82, 2.24) is 0 Å². The van der Waals surface area contributed by atoms with Crippen LogP contribution >= 0.6 is 0 Å². The Kier molecular flexibility index (Phi) is 3.83. The normalized spacial score (nSPS) is 44.5. The molecular weight excluding hydrogens is 318 g/mol. The number of hydrogen-bond donors (Lipinski definition) is 2. The van der Waals surface area contributed by atoms with Crippen molar-refractivity contribution in [2.45, 2.75) is 43.5 Å². The maximum Gasteiger partial charge on any atom is 0.392 e. The quantitative estimate of drug-likeness (QED) is 0.747. The Balaban J connectivity index is 1.60. The van der Waals surface area contributed by atoms with Gasteiger partial charge in [0.1, 0.15) is 6.61 Å². The Bertz CT molecular complexity index is 547. The lowest BCUT2D eigenvalue weighted by Gasteiger charge is -2.47. The van der Waals surface area contributed by atoms with E-state index < -0.39 is 27.6 Å². The van der Waals surface area contributed by atoms with Crippen molar-refractivity contribution in [2.75, 3.05) is 13.2 Å². The summed E-state index contributed by atoms with van der Waals surface area (Å²) in [4.78, 5) is 0. The number of alkyl halides is 2. The van der Waals surface area contributed by atoms with Crippen molar-refractivity contribution in [2.24, 2.45) is 29.6 Å². The molecule has 2 N–H and O–H groups in total. The first-order valence-electron chi connectivity index (χ1n) is 7.65. The van der Waals surface area contributed by atoms with Crippen LogP contribution in [0.1, 0.15) is 32.6 Å². The van der Waals surface area contributed by atoms with E-state index >= 15 is 0 Å². The first kappa shape index (κ1) is 16.5. The summed E-state index contributed by atoms with van der Waals surface area (Å²) in [6.45, 7) is 0.553. The van der Waals surface area contributed by atoms with Gasteiger partial charge in [0.2, 0.25) is 0 Å². The SMILES string of the molecule is CC1(O)CC2CC3C(CC3C2COCC(F)(F)S(=O)(=O)O)C1. The molecule has 0 aliphatic heterocycles. The molecule has 5 nitrogen and oxygen atoms in total. The summed E-state index contributed by atoms with van der Waals surface area (Å²) in [7, 11) is -5.44. The number of aliphatic hydroxyl groups is 1. The minimum Gasteiger partial charge on any atom is -0.390 e. The highest BCUT2D eigenvalue weighted by molar-refractivity contribution is 7.86. The van der Waals surface area contributed by atoms with Gasteiger partial charge in [-0.25, -0.2) is 0 Å². The molecule has 2 bridgehead atoms. The molecule has 3 saturated carbocycles. The molecule has 3 aliphatic rings. The second-order valence-corrected chi connectivity index (χ2v) is 9.06. The summed E-state index contributed by atoms with van der Waals surface area (Å²) in [6, 6.07) is 0. The molecule has 8 heteroatoms. The molecule has 3 aliphatic carbocycles. The Morgan fingerprint density at radius 1 is 1.23 bits per heavy atom. The molecule has 0 saturated heterocycles. The van der Waals surface area contributed by atoms with E-state index in [2.05, 4.69) is 0 Å². The molecule has 128 valence electrons. The fourth-order valence-corrected chi connectivity index (χ4v) is 5.15. The molecule has 0 aromatic carbocycles. The van der Waals surface area contributed by atoms with E-state index in [9.17, 15) is 22.3 Å². The number of fused-ring (bicyclic) bond motifs is 1. The molecule has 0 aromatic rings. The molecule has 0 aromatic heterocycles. The Labute approximate surface area is 128 Å². The van der Waals surface area contributed by atoms with E-state index in [1.807, 2.05) is 6.92 Å². The van der Waals surface area contributed by atoms with Crippen LogP contribution in [0.4, 0.5) is 8.78 Å². The molecule has 0 spiro atoms. The zero-order valence-corrected chi connectivity index (χ0v) is 13.2. The first-order chi connectivity index (χ1) is 10.0. The van der Waals surface area contributed by atoms with Gasteiger partial charge in [0.15, 0.2) is 0 Å². The average molecular weight is 340 g/mol. The maximum absolute atomic E-state index is 13.2. The van der Waals surface area contributed by atoms with Crippen LogP contribution in [0.25, 0.3) is 0 Å². The van der Waals surface area contributed by atoms with Crippen molar-refractivity contribution >= 4 is 10.1 Å². The molecule has 3 fully saturated rings. The van der Waals surface area contributed by atoms with E-state index in [1.165, 1.54) is 0 Å². The van der Waals surface area contributed by atoms with Gasteiger partial charge in [-0.05, 0) is 62.2 Å². The second kappa shape index (κ2) is 5.09. The van der Waals surface area contributed by atoms with E-state index in [4.69, 9.17) is 9.29 Å². The van der Waals surface area contributed by atoms with Crippen molar-refractivity contribution in [1.29, 1.82) is 0 Å². The number of halogens is 2. The summed E-state index contributed by atoms with van der Waals surface area (Å²) in [5, 5.41) is 6.10. The van der Waals surface area contributed by atoms with Gasteiger partial charge in [-0.15, -0.1) is 0 Å². The van der Waals surface area contributed by atoms with E-state index in [0.717, 1.165) is 19.3 Å². The number of rotatable bonds is 5. The van der Waals surface area contributed by atoms with Crippen LogP contribution in [0, 0.1) is 29.6 Å². The molecular formula is C14H22F2O5S. The molecule has 6 unspecified atom stereocenters. The standard InChI is InChI=1S/C14H22F2O5S/c1-13(17)4-8-3-11-10(8)2-9(5-13)12(11)6-21-7-14(15,16)22(18,19)20/h8-12,17H,2-7H2,1H3,(H,18,19,20). The number of hydrogen-bond acceptors (Lipinski definition) is 4. The molecule has 0 amide bonds. The fourth-order valence-electron chi connectivity index (χ4n) is 4.92. The van der Waals surface area contributed by atoms with Crippen molar-refractivity contribution in [3.63, 3.8) is 0 Å². The third kappa shape index (κ3) is 2.79. The van der Waals surface area contributed by atoms with Crippen LogP contribution in [0.2, 0.25) is 0 Å². The number of ether oxygens (including phenoxy) is 1. The topological polar surface area (TPSA) is 83.8 Å². The highest BCUT2D eigenvalue weighted by Crippen LogP contribution is 2.62. The largest absolute Gasteiger partial charge is 0.392 e. The summed E-state index contributed by atoms with van der Waals surface area (Å²) >= 11 is 0. The third-order valence-electron chi connectivity index (χ3n) is 5.82. The minimum absolute atomic E-state index is 0.0553. The second-order valence-electron chi connectivity index (χ2n) is 7.52. The van der Waals surface area contributed by atoms with Crippen LogP contribution in [-0.4, -0.2) is 42.1 Å². The van der Waals surface area contributed by atoms with Crippen LogP contribution < -0.4 is 0 Å². The summed E-state index contributed by atoms with van der Waals surface area (Å²) in [6.07, 6.45) is 3.42. The lowest BCUT2D eigenvalue weighted by atomic mass is 9.60. The minimum atomic E-state index is -5.44. The Morgan fingerprint density at radius 2 is 1.82 bits per heavy atom. The van der Waals surface area contributed by atoms with Crippen LogP contribution in [-0.2, 0) is 14.9 Å². The van der Waals surface area contributed by atoms with Crippen LogP contribution in [0.3, 0.4) is 0 Å². The summed E-state index contributed by atoms with van der Waals surface area (Å²) < 4.78 is 60.9. The van der Waals surface area contributed by atoms with Gasteiger partial charge in [-0.2, -0.15) is 17.2 Å². The predicted molar refractivity (Wildman–Crippen MR) is 73.9 cm³/mol. The maximum atomic E-state index is 13.2. The van der Waals surface area contributed by atoms with Crippen molar-refractivity contribution < 1.29 is 31.6 Å². The highest BCUT2D eigenvalue weighted by Gasteiger charge is 2.58. The molecule has 0 heterocycles. The molecule has 6 atom stereocenters. The zero-order chi connectivity index (χ0) is 16.3. The zero-order valence-electron chi connectivity index (χ0n) is 12.4. The summed E-state index contributed by atoms with van der Waals surface area (Å²) in [5.41, 5.74) is -0.716. The van der Waals surface area contributed by atoms with Crippen molar-refractivity contribution in [3.8, 4) is 0 Å². The highest BCUT2D eigenvalue weighted by atomic mass is 32.2. The van der Waals surface area contributed by atoms with E-state index in [-0.39, 0.29) is 18.4 Å². The fraction of sp³-hybridized carbons (Fsp3) is 1.00. The van der Waals surface area contributed by atoms with Crippen LogP contribution in [0.5, 0.6) is 0 Å². The third-order valence-corrected chi connectivity index (χ3v) is 6.70. The Morgan fingerprint density at radius 3 is 2.45 bits per heavy atom. The van der Waals surface area contributed by atoms with Gasteiger partial charge in [-0.3, -0.25) is 4.55 Å². The van der Waals surface area contributed by atoms with E-state index in [1.54, 1.807) is 0 Å². The monoisotopic (exact) mass is 340 g/mol. The van der Waals surface area contributed by atoms with Crippen LogP contribution in [0.15, 0.2) is 0 Å². The van der Waals surface area contributed by atoms with Gasteiger partial charge in [-0.1, -0.05) is 0 Å².